The van der Waals surface area contributed by atoms with E-state index in [1.165, 1.54) is 0 Å². The van der Waals surface area contributed by atoms with Crippen LogP contribution in [0.2, 0.25) is 0 Å². The molecule has 0 radical (unpaired) electrons. The summed E-state index contributed by atoms with van der Waals surface area (Å²) < 4.78 is 5.82. The Morgan fingerprint density at radius 1 is 1.27 bits per heavy atom. The summed E-state index contributed by atoms with van der Waals surface area (Å²) in [6.07, 6.45) is 4.18. The lowest BCUT2D eigenvalue weighted by atomic mass is 10.2. The van der Waals surface area contributed by atoms with E-state index < -0.39 is 0 Å². The predicted octanol–water partition coefficient (Wildman–Crippen LogP) is 0.616. The molecule has 3 rings (SSSR count). The molecule has 1 unspecified atom stereocenters. The fraction of sp³-hybridized carbons (Fsp3) is 0.625. The Labute approximate surface area is 130 Å². The molecule has 1 N–H and O–H groups in total. The van der Waals surface area contributed by atoms with Crippen molar-refractivity contribution in [3.05, 3.63) is 23.6 Å². The second kappa shape index (κ2) is 5.34. The third-order valence-electron chi connectivity index (χ3n) is 4.08. The van der Waals surface area contributed by atoms with Gasteiger partial charge in [0.15, 0.2) is 0 Å². The van der Waals surface area contributed by atoms with Gasteiger partial charge in [-0.15, -0.1) is 0 Å². The molecule has 0 spiro atoms. The minimum atomic E-state index is -0.287. The van der Waals surface area contributed by atoms with Crippen molar-refractivity contribution >= 4 is 11.8 Å². The highest BCUT2D eigenvalue weighted by Gasteiger charge is 2.36. The van der Waals surface area contributed by atoms with E-state index in [-0.39, 0.29) is 23.5 Å². The van der Waals surface area contributed by atoms with Crippen LogP contribution < -0.4 is 5.32 Å². The average molecular weight is 305 g/mol. The lowest BCUT2D eigenvalue weighted by Crippen LogP contribution is -2.39. The van der Waals surface area contributed by atoms with Crippen LogP contribution in [0.4, 0.5) is 0 Å². The van der Waals surface area contributed by atoms with Crippen LogP contribution in [-0.2, 0) is 14.3 Å². The van der Waals surface area contributed by atoms with Gasteiger partial charge in [-0.25, -0.2) is 0 Å². The number of hydrogen-bond donors (Lipinski definition) is 1. The number of ether oxygens (including phenoxy) is 1. The lowest BCUT2D eigenvalue weighted by molar-refractivity contribution is -0.126. The average Bonchev–Trinajstić information content (AvgIpc) is 3.07. The largest absolute Gasteiger partial charge is 0.490 e. The van der Waals surface area contributed by atoms with Gasteiger partial charge in [-0.1, -0.05) is 0 Å². The lowest BCUT2D eigenvalue weighted by Gasteiger charge is -2.27. The van der Waals surface area contributed by atoms with Crippen molar-refractivity contribution in [1.82, 2.24) is 15.1 Å². The van der Waals surface area contributed by atoms with Gasteiger partial charge in [-0.3, -0.25) is 9.59 Å². The van der Waals surface area contributed by atoms with E-state index in [2.05, 4.69) is 10.2 Å². The molecule has 3 aliphatic rings. The number of carbonyl (C=O) groups is 2. The van der Waals surface area contributed by atoms with Crippen molar-refractivity contribution in [2.45, 2.75) is 38.8 Å². The monoisotopic (exact) mass is 305 g/mol. The Bertz CT molecular complexity index is 559. The summed E-state index contributed by atoms with van der Waals surface area (Å²) >= 11 is 0. The van der Waals surface area contributed by atoms with Crippen LogP contribution in [0.5, 0.6) is 0 Å². The van der Waals surface area contributed by atoms with Crippen LogP contribution in [0.3, 0.4) is 0 Å². The van der Waals surface area contributed by atoms with Crippen LogP contribution in [0.25, 0.3) is 0 Å². The third-order valence-corrected chi connectivity index (χ3v) is 4.08. The highest BCUT2D eigenvalue weighted by Crippen LogP contribution is 2.26. The molecule has 6 heteroatoms. The molecule has 0 bridgehead atoms. The standard InChI is InChI=1S/C16H23N3O3/c1-16(2,3)22-13-7-15(21)19(10-13)11-4-5-18(9-11)12-6-14(20)17-8-12/h6-7,11H,4-5,8-10H2,1-3H3,(H,17,20). The highest BCUT2D eigenvalue weighted by atomic mass is 16.5. The fourth-order valence-corrected chi connectivity index (χ4v) is 3.17. The Morgan fingerprint density at radius 3 is 2.68 bits per heavy atom. The van der Waals surface area contributed by atoms with Crippen LogP contribution >= 0.6 is 0 Å². The van der Waals surface area contributed by atoms with E-state index in [0.717, 1.165) is 31.0 Å². The Kier molecular flexibility index (Phi) is 3.62. The van der Waals surface area contributed by atoms with Gasteiger partial charge in [0, 0.05) is 30.9 Å². The molecule has 22 heavy (non-hydrogen) atoms. The second-order valence-corrected chi connectivity index (χ2v) is 7.03. The number of nitrogens with zero attached hydrogens (tertiary/aromatic N) is 2. The van der Waals surface area contributed by atoms with Gasteiger partial charge in [-0.05, 0) is 27.2 Å². The molecule has 0 aromatic carbocycles. The first kappa shape index (κ1) is 14.9. The number of nitrogens with one attached hydrogen (secondary N) is 1. The molecule has 1 atom stereocenters. The first-order valence-electron chi connectivity index (χ1n) is 7.75. The van der Waals surface area contributed by atoms with Gasteiger partial charge in [0.1, 0.15) is 11.4 Å². The van der Waals surface area contributed by atoms with Gasteiger partial charge in [0.05, 0.1) is 19.1 Å². The normalized spacial score (nSPS) is 25.5. The maximum atomic E-state index is 12.2. The number of hydrogen-bond acceptors (Lipinski definition) is 4. The zero-order valence-corrected chi connectivity index (χ0v) is 13.4. The Hall–Kier alpha value is -1.98. The zero-order chi connectivity index (χ0) is 15.9. The summed E-state index contributed by atoms with van der Waals surface area (Å²) in [7, 11) is 0. The minimum Gasteiger partial charge on any atom is -0.490 e. The SMILES string of the molecule is CC(C)(C)OC1=CC(=O)N(C2CCN(C3=CC(=O)NC3)C2)C1. The third kappa shape index (κ3) is 3.10. The molecule has 0 aliphatic carbocycles. The van der Waals surface area contributed by atoms with E-state index in [1.54, 1.807) is 12.2 Å². The first-order valence-corrected chi connectivity index (χ1v) is 7.75. The van der Waals surface area contributed by atoms with E-state index in [1.807, 2.05) is 25.7 Å². The van der Waals surface area contributed by atoms with Crippen LogP contribution in [0.15, 0.2) is 23.6 Å². The Balaban J connectivity index is 1.59. The number of likely N-dealkylation sites (tertiary alicyclic amines) is 1. The molecular weight excluding hydrogens is 282 g/mol. The molecule has 6 nitrogen and oxygen atoms in total. The molecule has 0 aromatic rings. The van der Waals surface area contributed by atoms with Crippen LogP contribution in [0.1, 0.15) is 27.2 Å². The van der Waals surface area contributed by atoms with Crippen molar-refractivity contribution < 1.29 is 14.3 Å². The minimum absolute atomic E-state index is 0.0284. The molecular formula is C16H23N3O3. The van der Waals surface area contributed by atoms with Crippen molar-refractivity contribution in [3.63, 3.8) is 0 Å². The van der Waals surface area contributed by atoms with Crippen molar-refractivity contribution in [2.75, 3.05) is 26.2 Å². The van der Waals surface area contributed by atoms with Crippen molar-refractivity contribution in [3.8, 4) is 0 Å². The summed E-state index contributed by atoms with van der Waals surface area (Å²) in [4.78, 5) is 27.6. The van der Waals surface area contributed by atoms with E-state index in [9.17, 15) is 9.59 Å². The molecule has 3 aliphatic heterocycles. The molecule has 120 valence electrons. The summed E-state index contributed by atoms with van der Waals surface area (Å²) in [6.45, 7) is 8.74. The smallest absolute Gasteiger partial charge is 0.250 e. The van der Waals surface area contributed by atoms with Crippen molar-refractivity contribution in [2.24, 2.45) is 0 Å². The Morgan fingerprint density at radius 2 is 2.05 bits per heavy atom. The summed E-state index contributed by atoms with van der Waals surface area (Å²) in [6, 6.07) is 0.182. The van der Waals surface area contributed by atoms with Crippen LogP contribution in [-0.4, -0.2) is 59.4 Å². The van der Waals surface area contributed by atoms with Gasteiger partial charge in [-0.2, -0.15) is 0 Å². The van der Waals surface area contributed by atoms with E-state index in [4.69, 9.17) is 4.74 Å². The quantitative estimate of drug-likeness (QED) is 0.830. The molecule has 1 saturated heterocycles. The molecule has 1 fully saturated rings. The van der Waals surface area contributed by atoms with Crippen molar-refractivity contribution in [1.29, 1.82) is 0 Å². The topological polar surface area (TPSA) is 61.9 Å². The van der Waals surface area contributed by atoms with Gasteiger partial charge >= 0.3 is 0 Å². The predicted molar refractivity (Wildman–Crippen MR) is 81.7 cm³/mol. The van der Waals surface area contributed by atoms with Crippen LogP contribution in [0, 0.1) is 0 Å². The number of amides is 2. The maximum Gasteiger partial charge on any atom is 0.250 e. The highest BCUT2D eigenvalue weighted by molar-refractivity contribution is 5.91. The fourth-order valence-electron chi connectivity index (χ4n) is 3.17. The zero-order valence-electron chi connectivity index (χ0n) is 13.4. The summed E-state index contributed by atoms with van der Waals surface area (Å²) in [5, 5.41) is 2.79. The second-order valence-electron chi connectivity index (χ2n) is 7.03. The van der Waals surface area contributed by atoms with Gasteiger partial charge < -0.3 is 19.9 Å². The maximum absolute atomic E-state index is 12.2. The molecule has 3 heterocycles. The van der Waals surface area contributed by atoms with Gasteiger partial charge in [0.2, 0.25) is 5.91 Å². The first-order chi connectivity index (χ1) is 10.3. The number of rotatable bonds is 3. The molecule has 2 amide bonds. The summed E-state index contributed by atoms with van der Waals surface area (Å²) in [5.41, 5.74) is 0.739. The summed E-state index contributed by atoms with van der Waals surface area (Å²) in [5.74, 6) is 0.742. The number of carbonyl (C=O) groups excluding carboxylic acids is 2. The molecule has 0 saturated carbocycles. The van der Waals surface area contributed by atoms with Gasteiger partial charge in [0.25, 0.3) is 5.91 Å². The van der Waals surface area contributed by atoms with E-state index in [0.29, 0.717) is 13.1 Å². The molecule has 0 aromatic heterocycles. The van der Waals surface area contributed by atoms with E-state index >= 15 is 0 Å².